The highest BCUT2D eigenvalue weighted by molar-refractivity contribution is 7.85. The molecule has 0 spiro atoms. The number of aliphatic hydroxyl groups excluding tert-OH is 1. The number of hydrogen-bond donors (Lipinski definition) is 2. The first-order valence-corrected chi connectivity index (χ1v) is 5.14. The third-order valence-electron chi connectivity index (χ3n) is 1.51. The summed E-state index contributed by atoms with van der Waals surface area (Å²) >= 11 is 5.60. The lowest BCUT2D eigenvalue weighted by Crippen LogP contribution is -2.03. The lowest BCUT2D eigenvalue weighted by atomic mass is 10.2. The molecule has 6 heteroatoms. The maximum absolute atomic E-state index is 10.8. The van der Waals surface area contributed by atoms with Crippen LogP contribution in [0.1, 0.15) is 5.56 Å². The van der Waals surface area contributed by atoms with Crippen molar-refractivity contribution < 1.29 is 18.1 Å². The zero-order chi connectivity index (χ0) is 10.1. The van der Waals surface area contributed by atoms with E-state index in [0.29, 0.717) is 0 Å². The van der Waals surface area contributed by atoms with Gasteiger partial charge >= 0.3 is 0 Å². The molecule has 72 valence electrons. The molecule has 0 heterocycles. The molecule has 4 nitrogen and oxygen atoms in total. The fraction of sp³-hybridized carbons (Fsp3) is 0.143. The second-order valence-electron chi connectivity index (χ2n) is 2.35. The van der Waals surface area contributed by atoms with Crippen LogP contribution in [0.25, 0.3) is 0 Å². The first-order valence-electron chi connectivity index (χ1n) is 3.32. The molecule has 1 rings (SSSR count). The van der Waals surface area contributed by atoms with Crippen molar-refractivity contribution in [2.24, 2.45) is 0 Å². The molecule has 0 bridgehead atoms. The highest BCUT2D eigenvalue weighted by Crippen LogP contribution is 2.23. The molecule has 1 aromatic rings. The van der Waals surface area contributed by atoms with Crippen LogP contribution in [-0.4, -0.2) is 18.1 Å². The summed E-state index contributed by atoms with van der Waals surface area (Å²) in [5, 5.41) is 8.91. The fourth-order valence-corrected chi connectivity index (χ4v) is 1.96. The highest BCUT2D eigenvalue weighted by atomic mass is 35.5. The minimum Gasteiger partial charge on any atom is -0.392 e. The summed E-state index contributed by atoms with van der Waals surface area (Å²) in [5.41, 5.74) is 0.00617. The molecule has 0 aliphatic rings. The Morgan fingerprint density at radius 3 is 2.38 bits per heavy atom. The summed E-state index contributed by atoms with van der Waals surface area (Å²) in [6.45, 7) is -0.533. The molecule has 0 amide bonds. The Bertz CT molecular complexity index is 413. The van der Waals surface area contributed by atoms with Crippen LogP contribution in [0.3, 0.4) is 0 Å². The van der Waals surface area contributed by atoms with Crippen LogP contribution < -0.4 is 0 Å². The van der Waals surface area contributed by atoms with Crippen molar-refractivity contribution in [2.45, 2.75) is 11.5 Å². The molecule has 0 atom stereocenters. The molecule has 0 aliphatic carbocycles. The normalized spacial score (nSPS) is 11.6. The zero-order valence-corrected chi connectivity index (χ0v) is 8.01. The van der Waals surface area contributed by atoms with Gasteiger partial charge in [-0.2, -0.15) is 8.42 Å². The Hall–Kier alpha value is -0.620. The van der Waals surface area contributed by atoms with Crippen LogP contribution in [0, 0.1) is 0 Å². The summed E-state index contributed by atoms with van der Waals surface area (Å²) in [5.74, 6) is 0. The predicted molar refractivity (Wildman–Crippen MR) is 47.2 cm³/mol. The Morgan fingerprint density at radius 1 is 1.38 bits per heavy atom. The third-order valence-corrected chi connectivity index (χ3v) is 2.80. The Labute approximate surface area is 80.5 Å². The van der Waals surface area contributed by atoms with Crippen LogP contribution in [-0.2, 0) is 16.7 Å². The molecule has 1 aromatic carbocycles. The van der Waals surface area contributed by atoms with E-state index in [-0.39, 0.29) is 15.5 Å². The topological polar surface area (TPSA) is 74.6 Å². The molecule has 0 radical (unpaired) electrons. The number of halogens is 1. The summed E-state index contributed by atoms with van der Waals surface area (Å²) in [6, 6.07) is 3.99. The maximum atomic E-state index is 10.8. The van der Waals surface area contributed by atoms with Gasteiger partial charge in [-0.3, -0.25) is 4.55 Å². The molecule has 0 saturated carbocycles. The Morgan fingerprint density at radius 2 is 2.00 bits per heavy atom. The van der Waals surface area contributed by atoms with Gasteiger partial charge in [-0.25, -0.2) is 0 Å². The number of aliphatic hydroxyl groups is 1. The second-order valence-corrected chi connectivity index (χ2v) is 4.15. The van der Waals surface area contributed by atoms with E-state index in [9.17, 15) is 8.42 Å². The van der Waals surface area contributed by atoms with E-state index in [0.717, 1.165) is 0 Å². The lowest BCUT2D eigenvalue weighted by molar-refractivity contribution is 0.278. The summed E-state index contributed by atoms with van der Waals surface area (Å²) in [7, 11) is -4.31. The first kappa shape index (κ1) is 10.5. The SMILES string of the molecule is O=S(=O)(O)c1cccc(Cl)c1CO. The van der Waals surface area contributed by atoms with Crippen molar-refractivity contribution in [1.82, 2.24) is 0 Å². The molecule has 0 unspecified atom stereocenters. The van der Waals surface area contributed by atoms with Gasteiger partial charge in [0.25, 0.3) is 10.1 Å². The van der Waals surface area contributed by atoms with Crippen molar-refractivity contribution in [3.63, 3.8) is 0 Å². The van der Waals surface area contributed by atoms with Gasteiger partial charge in [0, 0.05) is 10.6 Å². The predicted octanol–water partition coefficient (Wildman–Crippen LogP) is 1.08. The van der Waals surface area contributed by atoms with Crippen LogP contribution in [0.2, 0.25) is 5.02 Å². The van der Waals surface area contributed by atoms with Crippen LogP contribution in [0.4, 0.5) is 0 Å². The van der Waals surface area contributed by atoms with E-state index in [1.54, 1.807) is 0 Å². The summed E-state index contributed by atoms with van der Waals surface area (Å²) in [4.78, 5) is -0.359. The highest BCUT2D eigenvalue weighted by Gasteiger charge is 2.16. The molecular formula is C7H7ClO4S. The van der Waals surface area contributed by atoms with Crippen molar-refractivity contribution >= 4 is 21.7 Å². The molecule has 2 N–H and O–H groups in total. The van der Waals surface area contributed by atoms with Crippen molar-refractivity contribution in [3.05, 3.63) is 28.8 Å². The maximum Gasteiger partial charge on any atom is 0.294 e. The average Bonchev–Trinajstić information content (AvgIpc) is 2.02. The Balaban J connectivity index is 3.47. The van der Waals surface area contributed by atoms with E-state index in [4.69, 9.17) is 21.3 Å². The van der Waals surface area contributed by atoms with E-state index >= 15 is 0 Å². The number of rotatable bonds is 2. The molecule has 0 aromatic heterocycles. The van der Waals surface area contributed by atoms with Crippen molar-refractivity contribution in [1.29, 1.82) is 0 Å². The smallest absolute Gasteiger partial charge is 0.294 e. The van der Waals surface area contributed by atoms with Gasteiger partial charge in [-0.05, 0) is 12.1 Å². The zero-order valence-electron chi connectivity index (χ0n) is 6.44. The van der Waals surface area contributed by atoms with Gasteiger partial charge in [0.15, 0.2) is 0 Å². The molecule has 0 aliphatic heterocycles. The fourth-order valence-electron chi connectivity index (χ4n) is 0.934. The largest absolute Gasteiger partial charge is 0.392 e. The monoisotopic (exact) mass is 222 g/mol. The van der Waals surface area contributed by atoms with Crippen molar-refractivity contribution in [2.75, 3.05) is 0 Å². The molecule has 0 saturated heterocycles. The van der Waals surface area contributed by atoms with E-state index in [1.165, 1.54) is 18.2 Å². The van der Waals surface area contributed by atoms with E-state index in [2.05, 4.69) is 0 Å². The number of hydrogen-bond acceptors (Lipinski definition) is 3. The van der Waals surface area contributed by atoms with Crippen LogP contribution >= 0.6 is 11.6 Å². The quantitative estimate of drug-likeness (QED) is 0.735. The van der Waals surface area contributed by atoms with Gasteiger partial charge in [0.05, 0.1) is 6.61 Å². The summed E-state index contributed by atoms with van der Waals surface area (Å²) < 4.78 is 30.2. The van der Waals surface area contributed by atoms with E-state index < -0.39 is 16.7 Å². The van der Waals surface area contributed by atoms with Gasteiger partial charge < -0.3 is 5.11 Å². The van der Waals surface area contributed by atoms with Crippen LogP contribution in [0.5, 0.6) is 0 Å². The standard InChI is InChI=1S/C7H7ClO4S/c8-6-2-1-3-7(5(6)4-9)13(10,11)12/h1-3,9H,4H2,(H,10,11,12). The molecular weight excluding hydrogens is 216 g/mol. The lowest BCUT2D eigenvalue weighted by Gasteiger charge is -2.05. The average molecular weight is 223 g/mol. The van der Waals surface area contributed by atoms with Gasteiger partial charge in [-0.1, -0.05) is 17.7 Å². The molecule has 0 fully saturated rings. The third kappa shape index (κ3) is 2.19. The van der Waals surface area contributed by atoms with E-state index in [1.807, 2.05) is 0 Å². The second kappa shape index (κ2) is 3.63. The minimum absolute atomic E-state index is 0.00617. The van der Waals surface area contributed by atoms with Gasteiger partial charge in [0.1, 0.15) is 4.90 Å². The van der Waals surface area contributed by atoms with Gasteiger partial charge in [0.2, 0.25) is 0 Å². The molecule has 13 heavy (non-hydrogen) atoms. The number of benzene rings is 1. The van der Waals surface area contributed by atoms with Crippen LogP contribution in [0.15, 0.2) is 23.1 Å². The van der Waals surface area contributed by atoms with Crippen molar-refractivity contribution in [3.8, 4) is 0 Å². The first-order chi connectivity index (χ1) is 5.96. The summed E-state index contributed by atoms with van der Waals surface area (Å²) in [6.07, 6.45) is 0. The minimum atomic E-state index is -4.31. The van der Waals surface area contributed by atoms with Gasteiger partial charge in [-0.15, -0.1) is 0 Å². The Kier molecular flexibility index (Phi) is 2.92.